The van der Waals surface area contributed by atoms with Crippen LogP contribution in [-0.4, -0.2) is 28.4 Å². The van der Waals surface area contributed by atoms with E-state index in [1.807, 2.05) is 0 Å². The highest BCUT2D eigenvalue weighted by Gasteiger charge is 1.97. The molecule has 0 N–H and O–H groups in total. The molecular formula is C11H12O4S. The molecular weight excluding hydrogens is 228 g/mol. The second-order valence-electron chi connectivity index (χ2n) is 3.00. The molecule has 0 saturated heterocycles. The maximum atomic E-state index is 10.6. The maximum Gasteiger partial charge on any atom is 0.265 e. The van der Waals surface area contributed by atoms with Gasteiger partial charge in [0.2, 0.25) is 0 Å². The minimum absolute atomic E-state index is 0.134. The standard InChI is InChI=1S/C11H12O4S/c1-14-11-7-5-10(6-8-11)4-3-9-15-16(2,12)13/h5-8H,9H2,1-2H3. The van der Waals surface area contributed by atoms with Crippen LogP contribution in [-0.2, 0) is 14.3 Å². The summed E-state index contributed by atoms with van der Waals surface area (Å²) in [5.41, 5.74) is 0.776. The Balaban J connectivity index is 2.57. The summed E-state index contributed by atoms with van der Waals surface area (Å²) in [6.07, 6.45) is 0.988. The fourth-order valence-corrected chi connectivity index (χ4v) is 1.22. The lowest BCUT2D eigenvalue weighted by atomic mass is 10.2. The van der Waals surface area contributed by atoms with Crippen LogP contribution in [0, 0.1) is 11.8 Å². The van der Waals surface area contributed by atoms with Gasteiger partial charge in [-0.05, 0) is 24.3 Å². The number of benzene rings is 1. The minimum atomic E-state index is -3.41. The van der Waals surface area contributed by atoms with Gasteiger partial charge in [0.1, 0.15) is 12.4 Å². The van der Waals surface area contributed by atoms with Crippen molar-refractivity contribution in [1.82, 2.24) is 0 Å². The van der Waals surface area contributed by atoms with E-state index in [0.29, 0.717) is 0 Å². The predicted octanol–water partition coefficient (Wildman–Crippen LogP) is 1.02. The number of ether oxygens (including phenoxy) is 1. The van der Waals surface area contributed by atoms with Gasteiger partial charge < -0.3 is 4.74 Å². The van der Waals surface area contributed by atoms with E-state index < -0.39 is 10.1 Å². The Kier molecular flexibility index (Phi) is 4.35. The summed E-state index contributed by atoms with van der Waals surface area (Å²) < 4.78 is 30.7. The van der Waals surface area contributed by atoms with Gasteiger partial charge in [0.05, 0.1) is 13.4 Å². The van der Waals surface area contributed by atoms with Gasteiger partial charge in [-0.25, -0.2) is 0 Å². The summed E-state index contributed by atoms with van der Waals surface area (Å²) in [4.78, 5) is 0. The number of hydrogen-bond donors (Lipinski definition) is 0. The van der Waals surface area contributed by atoms with Crippen molar-refractivity contribution in [2.24, 2.45) is 0 Å². The molecule has 0 unspecified atom stereocenters. The fraction of sp³-hybridized carbons (Fsp3) is 0.273. The molecule has 0 atom stereocenters. The summed E-state index contributed by atoms with van der Waals surface area (Å²) in [6.45, 7) is -0.134. The van der Waals surface area contributed by atoms with Crippen LogP contribution in [0.25, 0.3) is 0 Å². The van der Waals surface area contributed by atoms with E-state index in [2.05, 4.69) is 16.0 Å². The van der Waals surface area contributed by atoms with E-state index in [1.54, 1.807) is 31.4 Å². The van der Waals surface area contributed by atoms with Gasteiger partial charge in [-0.2, -0.15) is 8.42 Å². The van der Waals surface area contributed by atoms with Crippen molar-refractivity contribution in [2.75, 3.05) is 20.0 Å². The van der Waals surface area contributed by atoms with Crippen LogP contribution in [0.1, 0.15) is 5.56 Å². The highest BCUT2D eigenvalue weighted by atomic mass is 32.2. The minimum Gasteiger partial charge on any atom is -0.497 e. The van der Waals surface area contributed by atoms with Crippen LogP contribution >= 0.6 is 0 Å². The van der Waals surface area contributed by atoms with Crippen molar-refractivity contribution >= 4 is 10.1 Å². The zero-order chi connectivity index (χ0) is 12.0. The molecule has 4 nitrogen and oxygen atoms in total. The first-order chi connectivity index (χ1) is 7.51. The molecule has 0 aliphatic heterocycles. The van der Waals surface area contributed by atoms with Crippen LogP contribution in [0.2, 0.25) is 0 Å². The van der Waals surface area contributed by atoms with E-state index >= 15 is 0 Å². The molecule has 1 rings (SSSR count). The van der Waals surface area contributed by atoms with Crippen LogP contribution in [0.4, 0.5) is 0 Å². The van der Waals surface area contributed by atoms with E-state index in [0.717, 1.165) is 17.6 Å². The molecule has 16 heavy (non-hydrogen) atoms. The molecule has 5 heteroatoms. The highest BCUT2D eigenvalue weighted by molar-refractivity contribution is 7.85. The summed E-state index contributed by atoms with van der Waals surface area (Å²) >= 11 is 0. The van der Waals surface area contributed by atoms with Crippen molar-refractivity contribution in [1.29, 1.82) is 0 Å². The summed E-state index contributed by atoms with van der Waals surface area (Å²) in [6, 6.07) is 7.13. The van der Waals surface area contributed by atoms with E-state index in [1.165, 1.54) is 0 Å². The molecule has 0 aliphatic rings. The normalized spacial score (nSPS) is 10.4. The zero-order valence-corrected chi connectivity index (χ0v) is 9.87. The van der Waals surface area contributed by atoms with Gasteiger partial charge >= 0.3 is 0 Å². The Morgan fingerprint density at radius 3 is 2.38 bits per heavy atom. The Labute approximate surface area is 95.3 Å². The van der Waals surface area contributed by atoms with Gasteiger partial charge in [-0.15, -0.1) is 0 Å². The molecule has 0 fully saturated rings. The third-order valence-electron chi connectivity index (χ3n) is 1.67. The SMILES string of the molecule is COc1ccc(C#CCOS(C)(=O)=O)cc1. The van der Waals surface area contributed by atoms with Crippen molar-refractivity contribution in [3.05, 3.63) is 29.8 Å². The van der Waals surface area contributed by atoms with E-state index in [9.17, 15) is 8.42 Å². The first kappa shape index (κ1) is 12.6. The molecule has 0 heterocycles. The van der Waals surface area contributed by atoms with Crippen molar-refractivity contribution in [3.8, 4) is 17.6 Å². The molecule has 0 aliphatic carbocycles. The fourth-order valence-electron chi connectivity index (χ4n) is 0.949. The van der Waals surface area contributed by atoms with Crippen LogP contribution in [0.15, 0.2) is 24.3 Å². The van der Waals surface area contributed by atoms with Gasteiger partial charge in [0, 0.05) is 5.56 Å². The monoisotopic (exact) mass is 240 g/mol. The molecule has 0 radical (unpaired) electrons. The summed E-state index contributed by atoms with van der Waals surface area (Å²) in [7, 11) is -1.83. The number of hydrogen-bond acceptors (Lipinski definition) is 4. The first-order valence-electron chi connectivity index (χ1n) is 4.48. The maximum absolute atomic E-state index is 10.6. The third-order valence-corrected chi connectivity index (χ3v) is 2.21. The number of methoxy groups -OCH3 is 1. The van der Waals surface area contributed by atoms with Gasteiger partial charge in [-0.1, -0.05) is 11.8 Å². The second kappa shape index (κ2) is 5.54. The average Bonchev–Trinajstić information content (AvgIpc) is 2.24. The Morgan fingerprint density at radius 2 is 1.88 bits per heavy atom. The summed E-state index contributed by atoms with van der Waals surface area (Å²) in [5.74, 6) is 6.13. The zero-order valence-electron chi connectivity index (χ0n) is 9.06. The molecule has 0 aromatic heterocycles. The third kappa shape index (κ3) is 4.82. The topological polar surface area (TPSA) is 52.6 Å². The van der Waals surface area contributed by atoms with Gasteiger partial charge in [-0.3, -0.25) is 4.18 Å². The molecule has 86 valence electrons. The van der Waals surface area contributed by atoms with E-state index in [-0.39, 0.29) is 6.61 Å². The number of rotatable bonds is 3. The average molecular weight is 240 g/mol. The Bertz CT molecular complexity index is 491. The van der Waals surface area contributed by atoms with Crippen molar-refractivity contribution in [3.63, 3.8) is 0 Å². The largest absolute Gasteiger partial charge is 0.497 e. The molecule has 0 spiro atoms. The Hall–Kier alpha value is -1.51. The quantitative estimate of drug-likeness (QED) is 0.585. The first-order valence-corrected chi connectivity index (χ1v) is 6.30. The van der Waals surface area contributed by atoms with Crippen LogP contribution in [0.3, 0.4) is 0 Å². The van der Waals surface area contributed by atoms with Crippen LogP contribution < -0.4 is 4.74 Å². The molecule has 1 aromatic carbocycles. The van der Waals surface area contributed by atoms with Crippen molar-refractivity contribution < 1.29 is 17.3 Å². The second-order valence-corrected chi connectivity index (χ2v) is 4.64. The van der Waals surface area contributed by atoms with Gasteiger partial charge in [0.25, 0.3) is 10.1 Å². The van der Waals surface area contributed by atoms with Crippen molar-refractivity contribution in [2.45, 2.75) is 0 Å². The lowest BCUT2D eigenvalue weighted by Gasteiger charge is -1.97. The predicted molar refractivity (Wildman–Crippen MR) is 60.7 cm³/mol. The van der Waals surface area contributed by atoms with Gasteiger partial charge in [0.15, 0.2) is 0 Å². The van der Waals surface area contributed by atoms with E-state index in [4.69, 9.17) is 4.74 Å². The highest BCUT2D eigenvalue weighted by Crippen LogP contribution is 2.09. The lowest BCUT2D eigenvalue weighted by Crippen LogP contribution is -2.02. The smallest absolute Gasteiger partial charge is 0.265 e. The van der Waals surface area contributed by atoms with Crippen LogP contribution in [0.5, 0.6) is 5.75 Å². The molecule has 0 amide bonds. The Morgan fingerprint density at radius 1 is 1.25 bits per heavy atom. The molecule has 1 aromatic rings. The lowest BCUT2D eigenvalue weighted by molar-refractivity contribution is 0.368. The molecule has 0 saturated carbocycles. The molecule has 0 bridgehead atoms. The summed E-state index contributed by atoms with van der Waals surface area (Å²) in [5, 5.41) is 0.